The number of rotatable bonds is 24. The van der Waals surface area contributed by atoms with E-state index in [1.165, 1.54) is 25.7 Å². The second kappa shape index (κ2) is 32.8. The van der Waals surface area contributed by atoms with E-state index < -0.39 is 12.5 Å². The van der Waals surface area contributed by atoms with E-state index in [9.17, 15) is 15.0 Å². The summed E-state index contributed by atoms with van der Waals surface area (Å²) in [6, 6.07) is 32.5. The third-order valence-corrected chi connectivity index (χ3v) is 16.0. The van der Waals surface area contributed by atoms with Crippen LogP contribution in [-0.2, 0) is 4.79 Å². The van der Waals surface area contributed by atoms with Gasteiger partial charge in [-0.05, 0) is 155 Å². The minimum Gasteiger partial charge on any atom is -0.373 e. The number of aliphatic hydroxyl groups is 2. The van der Waals surface area contributed by atoms with Crippen LogP contribution in [0.4, 0.5) is 0 Å². The van der Waals surface area contributed by atoms with E-state index in [4.69, 9.17) is 48.9 Å². The molecule has 0 amide bonds. The van der Waals surface area contributed by atoms with Crippen LogP contribution in [0.1, 0.15) is 184 Å². The van der Waals surface area contributed by atoms with Gasteiger partial charge < -0.3 is 34.9 Å². The van der Waals surface area contributed by atoms with Gasteiger partial charge in [-0.25, -0.2) is 0 Å². The molecule has 76 heavy (non-hydrogen) atoms. The second-order valence-electron chi connectivity index (χ2n) is 19.9. The Balaban J connectivity index is 0.000000243. The zero-order valence-corrected chi connectivity index (χ0v) is 49.2. The van der Waals surface area contributed by atoms with Crippen LogP contribution in [-0.4, -0.2) is 54.7 Å². The van der Waals surface area contributed by atoms with Gasteiger partial charge >= 0.3 is 0 Å². The third-order valence-electron chi connectivity index (χ3n) is 14.8. The number of imidazole rings is 4. The number of para-hydroxylation sites is 8. The molecular formula is C61H90N8O3S4. The first-order valence-electron chi connectivity index (χ1n) is 28.0. The predicted octanol–water partition coefficient (Wildman–Crippen LogP) is 18.8. The largest absolute Gasteiger partial charge is 0.373 e. The Kier molecular flexibility index (Phi) is 27.6. The van der Waals surface area contributed by atoms with E-state index in [1.54, 1.807) is 0 Å². The van der Waals surface area contributed by atoms with E-state index >= 15 is 0 Å². The van der Waals surface area contributed by atoms with Crippen LogP contribution >= 0.6 is 48.9 Å². The number of fused-ring (bicyclic) bond motifs is 4. The molecule has 0 radical (unpaired) electrons. The molecule has 15 heteroatoms. The first-order valence-corrected chi connectivity index (χ1v) is 29.6. The molecule has 0 aliphatic rings. The number of unbranched alkanes of at least 4 members (excludes halogenated alkanes) is 4. The maximum Gasteiger partial charge on any atom is 0.185 e. The molecule has 8 aromatic rings. The molecule has 11 nitrogen and oxygen atoms in total. The van der Waals surface area contributed by atoms with Gasteiger partial charge in [0, 0.05) is 17.8 Å². The fourth-order valence-corrected chi connectivity index (χ4v) is 11.5. The van der Waals surface area contributed by atoms with Crippen LogP contribution in [0, 0.1) is 42.8 Å². The van der Waals surface area contributed by atoms with E-state index in [0.717, 1.165) is 137 Å². The van der Waals surface area contributed by atoms with Gasteiger partial charge in [0.05, 0.1) is 44.1 Å². The summed E-state index contributed by atoms with van der Waals surface area (Å²) in [6.45, 7) is 17.3. The second-order valence-corrected chi connectivity index (χ2v) is 21.4. The molecule has 0 saturated carbocycles. The van der Waals surface area contributed by atoms with Crippen LogP contribution in [0.2, 0.25) is 0 Å². The number of aromatic amines is 4. The first kappa shape index (κ1) is 63.8. The van der Waals surface area contributed by atoms with Crippen LogP contribution in [0.3, 0.4) is 0 Å². The molecule has 6 atom stereocenters. The monoisotopic (exact) mass is 1110 g/mol. The van der Waals surface area contributed by atoms with Crippen LogP contribution in [0.5, 0.6) is 0 Å². The van der Waals surface area contributed by atoms with Crippen molar-refractivity contribution in [3.05, 3.63) is 116 Å². The van der Waals surface area contributed by atoms with Gasteiger partial charge in [0.1, 0.15) is 24.9 Å². The summed E-state index contributed by atoms with van der Waals surface area (Å²) in [6.07, 6.45) is 17.0. The Morgan fingerprint density at radius 1 is 0.447 bits per heavy atom. The summed E-state index contributed by atoms with van der Waals surface area (Å²) < 4.78 is 11.0. The highest BCUT2D eigenvalue weighted by atomic mass is 32.1. The quantitative estimate of drug-likeness (QED) is 0.0262. The topological polar surface area (TPSA) is 140 Å². The number of carbonyl (C=O) groups excluding carboxylic acids is 1. The van der Waals surface area contributed by atoms with Crippen LogP contribution in [0.15, 0.2) is 97.1 Å². The van der Waals surface area contributed by atoms with Gasteiger partial charge in [0.15, 0.2) is 19.1 Å². The lowest BCUT2D eigenvalue weighted by molar-refractivity contribution is -0.111. The van der Waals surface area contributed by atoms with Gasteiger partial charge in [-0.15, -0.1) is 0 Å². The Bertz CT molecular complexity index is 3000. The fraction of sp³-hybridized carbons (Fsp3) is 0.525. The highest BCUT2D eigenvalue weighted by molar-refractivity contribution is 7.71. The minimum atomic E-state index is -0.668. The lowest BCUT2D eigenvalue weighted by atomic mass is 9.95. The molecule has 416 valence electrons. The molecule has 0 bridgehead atoms. The fourth-order valence-electron chi connectivity index (χ4n) is 10.2. The summed E-state index contributed by atoms with van der Waals surface area (Å²) in [5, 5.41) is 22.4. The highest BCUT2D eigenvalue weighted by Gasteiger charge is 2.29. The van der Waals surface area contributed by atoms with Crippen molar-refractivity contribution in [2.45, 2.75) is 184 Å². The van der Waals surface area contributed by atoms with Crippen molar-refractivity contribution >= 4 is 99.3 Å². The number of aliphatic hydroxyl groups excluding tert-OH is 2. The number of hydrogen-bond acceptors (Lipinski definition) is 7. The number of aldehydes is 1. The average Bonchev–Trinajstić information content (AvgIpc) is 4.16. The first-order chi connectivity index (χ1) is 36.4. The number of nitrogens with one attached hydrogen (secondary N) is 4. The number of hydrogen-bond donors (Lipinski definition) is 6. The zero-order valence-electron chi connectivity index (χ0n) is 45.9. The van der Waals surface area contributed by atoms with Crippen LogP contribution in [0.25, 0.3) is 44.1 Å². The molecule has 6 unspecified atom stereocenters. The van der Waals surface area contributed by atoms with Crippen molar-refractivity contribution in [3.63, 3.8) is 0 Å². The average molecular weight is 1110 g/mol. The van der Waals surface area contributed by atoms with Crippen molar-refractivity contribution in [1.29, 1.82) is 0 Å². The normalized spacial score (nSPS) is 13.7. The predicted molar refractivity (Wildman–Crippen MR) is 331 cm³/mol. The van der Waals surface area contributed by atoms with Gasteiger partial charge in [0.2, 0.25) is 0 Å². The number of aromatic nitrogens is 8. The molecule has 0 fully saturated rings. The Morgan fingerprint density at radius 2 is 0.789 bits per heavy atom. The molecule has 0 spiro atoms. The summed E-state index contributed by atoms with van der Waals surface area (Å²) in [5.41, 5.74) is 8.31. The third kappa shape index (κ3) is 16.2. The maximum absolute atomic E-state index is 11.2. The molecule has 0 aliphatic heterocycles. The van der Waals surface area contributed by atoms with Gasteiger partial charge in [-0.1, -0.05) is 163 Å². The van der Waals surface area contributed by atoms with Crippen molar-refractivity contribution in [2.24, 2.45) is 23.7 Å². The number of carbonyl (C=O) groups is 1. The molecule has 8 rings (SSSR count). The number of benzene rings is 4. The SMILES string of the molecule is C.CCCCC(C=O)CC.CCCCC(CC)C(O)n1c(=S)n(C(O)C(CC)CCCC)c2ccccc21.CCCCC(CC)C(n1c(=S)[nH]c2ccccc21)n1c(=S)[nH]c2ccccc21.S=c1[nH]c2ccccc2[nH]1. The van der Waals surface area contributed by atoms with E-state index in [-0.39, 0.29) is 25.4 Å². The van der Waals surface area contributed by atoms with E-state index in [0.29, 0.717) is 21.4 Å². The van der Waals surface area contributed by atoms with Crippen molar-refractivity contribution in [1.82, 2.24) is 38.2 Å². The molecule has 4 aromatic heterocycles. The Labute approximate surface area is 473 Å². The lowest BCUT2D eigenvalue weighted by Crippen LogP contribution is -2.27. The molecule has 0 aliphatic carbocycles. The smallest absolute Gasteiger partial charge is 0.185 e. The number of H-pyrrole nitrogens is 4. The number of nitrogens with zero attached hydrogens (tertiary/aromatic N) is 4. The van der Waals surface area contributed by atoms with Crippen molar-refractivity contribution < 1.29 is 15.0 Å². The van der Waals surface area contributed by atoms with Gasteiger partial charge in [0.25, 0.3) is 0 Å². The summed E-state index contributed by atoms with van der Waals surface area (Å²) in [5.74, 6) is 1.07. The van der Waals surface area contributed by atoms with Crippen molar-refractivity contribution in [2.75, 3.05) is 0 Å². The minimum absolute atomic E-state index is 0. The molecule has 4 aromatic carbocycles. The molecular weight excluding hydrogens is 1020 g/mol. The Morgan fingerprint density at radius 3 is 1.14 bits per heavy atom. The lowest BCUT2D eigenvalue weighted by Gasteiger charge is -2.30. The molecule has 4 heterocycles. The van der Waals surface area contributed by atoms with E-state index in [1.807, 2.05) is 69.8 Å². The standard InChI is InChI=1S/C23H38N2O2S.C22H26N4S2.C8H16O.C7H6N2S.CH4/c1-5-9-13-17(7-3)21(26)24-19-15-11-12-16-20(19)25(23(24)28)22(27)18(8-4)14-10-6-2;1-3-5-10-15(4-2)20(25-18-13-8-6-11-16(18)23-21(25)27)26-19-14-9-7-12-17(19)24-22(26)28;1-3-5-6-8(4-2)7-9;10-7-8-5-3-1-2-4-6(5)9-7;/h11-12,15-18,21-22,26-27H,5-10,13-14H2,1-4H3;6-9,11-15,20H,3-5,10H2,1-2H3,(H,23,27)(H,24,28);7-8H,3-6H2,1-2H3;1-4H,(H2,8,9,10);1H4. The van der Waals surface area contributed by atoms with Crippen molar-refractivity contribution in [3.8, 4) is 0 Å². The van der Waals surface area contributed by atoms with Crippen LogP contribution < -0.4 is 0 Å². The Hall–Kier alpha value is -4.77. The molecule has 6 N–H and O–H groups in total. The highest BCUT2D eigenvalue weighted by Crippen LogP contribution is 2.36. The van der Waals surface area contributed by atoms with E-state index in [2.05, 4.69) is 121 Å². The summed E-state index contributed by atoms with van der Waals surface area (Å²) >= 11 is 22.3. The van der Waals surface area contributed by atoms with Gasteiger partial charge in [-0.2, -0.15) is 0 Å². The zero-order chi connectivity index (χ0) is 54.4. The summed E-state index contributed by atoms with van der Waals surface area (Å²) in [7, 11) is 0. The maximum atomic E-state index is 11.2. The molecule has 0 saturated heterocycles. The summed E-state index contributed by atoms with van der Waals surface area (Å²) in [4.78, 5) is 23.1. The van der Waals surface area contributed by atoms with Gasteiger partial charge in [-0.3, -0.25) is 18.3 Å².